The van der Waals surface area contributed by atoms with E-state index in [2.05, 4.69) is 5.32 Å². The summed E-state index contributed by atoms with van der Waals surface area (Å²) >= 11 is 0. The number of anilines is 2. The molecule has 0 saturated carbocycles. The Hall–Kier alpha value is -4.13. The zero-order valence-corrected chi connectivity index (χ0v) is 17.7. The Morgan fingerprint density at radius 1 is 1.00 bits per heavy atom. The minimum absolute atomic E-state index is 0.138. The summed E-state index contributed by atoms with van der Waals surface area (Å²) in [4.78, 5) is 38.6. The highest BCUT2D eigenvalue weighted by atomic mass is 16.5. The number of fused-ring (bicyclic) bond motifs is 1. The largest absolute Gasteiger partial charge is 0.482 e. The van der Waals surface area contributed by atoms with E-state index in [9.17, 15) is 14.4 Å². The molecular formula is C25H22N2O5. The summed E-state index contributed by atoms with van der Waals surface area (Å²) in [6, 6.07) is 20.4. The van der Waals surface area contributed by atoms with Gasteiger partial charge in [-0.1, -0.05) is 18.2 Å². The van der Waals surface area contributed by atoms with Crippen molar-refractivity contribution < 1.29 is 23.9 Å². The highest BCUT2D eigenvalue weighted by Crippen LogP contribution is 2.34. The summed E-state index contributed by atoms with van der Waals surface area (Å²) in [7, 11) is 0. The van der Waals surface area contributed by atoms with Gasteiger partial charge in [0.1, 0.15) is 23.3 Å². The Morgan fingerprint density at radius 2 is 1.69 bits per heavy atom. The molecular weight excluding hydrogens is 408 g/mol. The van der Waals surface area contributed by atoms with E-state index in [4.69, 9.17) is 9.47 Å². The second kappa shape index (κ2) is 8.93. The van der Waals surface area contributed by atoms with Gasteiger partial charge in [0.2, 0.25) is 5.91 Å². The van der Waals surface area contributed by atoms with Crippen molar-refractivity contribution in [2.75, 3.05) is 16.8 Å². The van der Waals surface area contributed by atoms with Gasteiger partial charge in [0.15, 0.2) is 12.4 Å². The summed E-state index contributed by atoms with van der Waals surface area (Å²) in [6.45, 7) is 2.91. The van der Waals surface area contributed by atoms with E-state index in [-0.39, 0.29) is 24.2 Å². The Bertz CT molecular complexity index is 1160. The van der Waals surface area contributed by atoms with Crippen LogP contribution in [0.4, 0.5) is 11.4 Å². The van der Waals surface area contributed by atoms with Gasteiger partial charge < -0.3 is 14.8 Å². The average Bonchev–Trinajstić information content (AvgIpc) is 2.80. The van der Waals surface area contributed by atoms with Crippen molar-refractivity contribution in [2.24, 2.45) is 0 Å². The van der Waals surface area contributed by atoms with Crippen molar-refractivity contribution in [3.05, 3.63) is 78.4 Å². The van der Waals surface area contributed by atoms with Crippen LogP contribution in [0.5, 0.6) is 17.2 Å². The van der Waals surface area contributed by atoms with Crippen LogP contribution in [0.15, 0.2) is 72.8 Å². The maximum absolute atomic E-state index is 12.9. The van der Waals surface area contributed by atoms with Gasteiger partial charge in [0.05, 0.1) is 5.69 Å². The van der Waals surface area contributed by atoms with Crippen molar-refractivity contribution in [2.45, 2.75) is 19.9 Å². The fraction of sp³-hybridized carbons (Fsp3) is 0.160. The number of para-hydroxylation sites is 1. The Balaban J connectivity index is 1.49. The molecule has 0 aliphatic carbocycles. The lowest BCUT2D eigenvalue weighted by Crippen LogP contribution is -2.49. The Labute approximate surface area is 185 Å². The standard InChI is InChI=1S/C25H22N2O5/c1-16(27-22-14-18(17(2)28)8-13-23(22)31-15-24(27)29)25(30)26-19-9-11-21(12-10-19)32-20-6-4-3-5-7-20/h3-14,16H,15H2,1-2H3,(H,26,30). The number of carbonyl (C=O) groups is 3. The third-order valence-electron chi connectivity index (χ3n) is 5.11. The molecule has 1 N–H and O–H groups in total. The molecule has 7 nitrogen and oxygen atoms in total. The predicted octanol–water partition coefficient (Wildman–Crippen LogP) is 4.43. The number of ketones is 1. The van der Waals surface area contributed by atoms with Crippen LogP contribution >= 0.6 is 0 Å². The third-order valence-corrected chi connectivity index (χ3v) is 5.11. The first-order chi connectivity index (χ1) is 15.4. The van der Waals surface area contributed by atoms with Crippen molar-refractivity contribution in [3.8, 4) is 17.2 Å². The van der Waals surface area contributed by atoms with Crippen LogP contribution in [0.1, 0.15) is 24.2 Å². The fourth-order valence-corrected chi connectivity index (χ4v) is 3.41. The number of carbonyl (C=O) groups excluding carboxylic acids is 3. The SMILES string of the molecule is CC(=O)c1ccc2c(c1)N(C(C)C(=O)Nc1ccc(Oc3ccccc3)cc1)C(=O)CO2. The number of benzene rings is 3. The molecule has 0 aromatic heterocycles. The topological polar surface area (TPSA) is 84.9 Å². The molecule has 3 aromatic rings. The van der Waals surface area contributed by atoms with Gasteiger partial charge in [-0.05, 0) is 68.4 Å². The van der Waals surface area contributed by atoms with E-state index in [0.717, 1.165) is 0 Å². The summed E-state index contributed by atoms with van der Waals surface area (Å²) in [6.07, 6.45) is 0. The lowest BCUT2D eigenvalue weighted by atomic mass is 10.1. The minimum atomic E-state index is -0.812. The van der Waals surface area contributed by atoms with Crippen LogP contribution in [0.2, 0.25) is 0 Å². The molecule has 1 aliphatic heterocycles. The second-order valence-corrected chi connectivity index (χ2v) is 7.40. The summed E-state index contributed by atoms with van der Waals surface area (Å²) in [5.74, 6) is 0.949. The normalized spacial score (nSPS) is 13.6. The lowest BCUT2D eigenvalue weighted by molar-refractivity contribution is -0.125. The van der Waals surface area contributed by atoms with Crippen molar-refractivity contribution in [1.29, 1.82) is 0 Å². The number of rotatable bonds is 6. The zero-order chi connectivity index (χ0) is 22.7. The molecule has 0 saturated heterocycles. The number of hydrogen-bond acceptors (Lipinski definition) is 5. The van der Waals surface area contributed by atoms with Crippen molar-refractivity contribution >= 4 is 29.0 Å². The molecule has 7 heteroatoms. The molecule has 1 unspecified atom stereocenters. The van der Waals surface area contributed by atoms with Gasteiger partial charge >= 0.3 is 0 Å². The van der Waals surface area contributed by atoms with E-state index in [1.807, 2.05) is 30.3 Å². The lowest BCUT2D eigenvalue weighted by Gasteiger charge is -2.33. The average molecular weight is 430 g/mol. The summed E-state index contributed by atoms with van der Waals surface area (Å²) in [5.41, 5.74) is 1.41. The molecule has 0 spiro atoms. The van der Waals surface area contributed by atoms with Crippen LogP contribution in [0, 0.1) is 0 Å². The number of amides is 2. The molecule has 0 fully saturated rings. The Morgan fingerprint density at radius 3 is 2.38 bits per heavy atom. The number of ether oxygens (including phenoxy) is 2. The molecule has 32 heavy (non-hydrogen) atoms. The van der Waals surface area contributed by atoms with Crippen LogP contribution < -0.4 is 19.7 Å². The minimum Gasteiger partial charge on any atom is -0.482 e. The molecule has 3 aromatic carbocycles. The summed E-state index contributed by atoms with van der Waals surface area (Å²) < 4.78 is 11.2. The van der Waals surface area contributed by atoms with E-state index in [1.165, 1.54) is 11.8 Å². The van der Waals surface area contributed by atoms with E-state index < -0.39 is 6.04 Å². The van der Waals surface area contributed by atoms with Gasteiger partial charge in [0.25, 0.3) is 5.91 Å². The van der Waals surface area contributed by atoms with Crippen LogP contribution in [-0.4, -0.2) is 30.2 Å². The zero-order valence-electron chi connectivity index (χ0n) is 17.7. The molecule has 1 aliphatic rings. The predicted molar refractivity (Wildman–Crippen MR) is 120 cm³/mol. The monoisotopic (exact) mass is 430 g/mol. The second-order valence-electron chi connectivity index (χ2n) is 7.40. The summed E-state index contributed by atoms with van der Waals surface area (Å²) in [5, 5.41) is 2.82. The number of Topliss-reactive ketones (excluding diaryl/α,β-unsaturated/α-hetero) is 1. The quantitative estimate of drug-likeness (QED) is 0.585. The third kappa shape index (κ3) is 4.46. The molecule has 0 bridgehead atoms. The van der Waals surface area contributed by atoms with Gasteiger partial charge in [-0.15, -0.1) is 0 Å². The van der Waals surface area contributed by atoms with Crippen LogP contribution in [0.3, 0.4) is 0 Å². The van der Waals surface area contributed by atoms with Gasteiger partial charge in [-0.3, -0.25) is 19.3 Å². The van der Waals surface area contributed by atoms with Gasteiger partial charge in [0, 0.05) is 11.3 Å². The molecule has 4 rings (SSSR count). The van der Waals surface area contributed by atoms with Gasteiger partial charge in [-0.2, -0.15) is 0 Å². The van der Waals surface area contributed by atoms with E-state index >= 15 is 0 Å². The maximum atomic E-state index is 12.9. The molecule has 2 amide bonds. The number of hydrogen-bond donors (Lipinski definition) is 1. The van der Waals surface area contributed by atoms with Gasteiger partial charge in [-0.25, -0.2) is 0 Å². The van der Waals surface area contributed by atoms with E-state index in [1.54, 1.807) is 49.4 Å². The molecule has 0 radical (unpaired) electrons. The molecule has 162 valence electrons. The smallest absolute Gasteiger partial charge is 0.265 e. The number of nitrogens with zero attached hydrogens (tertiary/aromatic N) is 1. The first-order valence-electron chi connectivity index (χ1n) is 10.2. The van der Waals surface area contributed by atoms with E-state index in [0.29, 0.717) is 34.2 Å². The van der Waals surface area contributed by atoms with Crippen LogP contribution in [0.25, 0.3) is 0 Å². The first kappa shape index (κ1) is 21.1. The Kier molecular flexibility index (Phi) is 5.89. The number of nitrogens with one attached hydrogen (secondary N) is 1. The van der Waals surface area contributed by atoms with Crippen molar-refractivity contribution in [1.82, 2.24) is 0 Å². The molecule has 1 heterocycles. The molecule has 1 atom stereocenters. The highest BCUT2D eigenvalue weighted by molar-refractivity contribution is 6.07. The van der Waals surface area contributed by atoms with Crippen LogP contribution in [-0.2, 0) is 9.59 Å². The maximum Gasteiger partial charge on any atom is 0.265 e. The highest BCUT2D eigenvalue weighted by Gasteiger charge is 2.33. The first-order valence-corrected chi connectivity index (χ1v) is 10.2. The van der Waals surface area contributed by atoms with Crippen molar-refractivity contribution in [3.63, 3.8) is 0 Å². The fourth-order valence-electron chi connectivity index (χ4n) is 3.41.